The molecule has 7 nitrogen and oxygen atoms in total. The first kappa shape index (κ1) is 21.7. The van der Waals surface area contributed by atoms with Gasteiger partial charge in [-0.3, -0.25) is 14.4 Å². The molecular weight excluding hydrogens is 358 g/mol. The van der Waals surface area contributed by atoms with Crippen molar-refractivity contribution in [3.8, 4) is 5.75 Å². The number of rotatable bonds is 8. The number of hydrogen-bond donors (Lipinski definition) is 1. The Morgan fingerprint density at radius 1 is 1.29 bits per heavy atom. The molecule has 0 spiro atoms. The second-order valence-electron chi connectivity index (χ2n) is 7.28. The highest BCUT2D eigenvalue weighted by molar-refractivity contribution is 5.88. The largest absolute Gasteiger partial charge is 0.496 e. The van der Waals surface area contributed by atoms with Crippen LogP contribution in [0.25, 0.3) is 0 Å². The van der Waals surface area contributed by atoms with Crippen molar-refractivity contribution in [2.24, 2.45) is 5.92 Å². The summed E-state index contributed by atoms with van der Waals surface area (Å²) >= 11 is 0. The average Bonchev–Trinajstić information content (AvgIpc) is 2.70. The number of likely N-dealkylation sites (tertiary alicyclic amines) is 1. The number of amides is 3. The maximum absolute atomic E-state index is 13.0. The fraction of sp³-hybridized carbons (Fsp3) is 0.571. The number of carbonyl (C=O) groups is 3. The summed E-state index contributed by atoms with van der Waals surface area (Å²) in [5, 5.41) is 2.75. The predicted octanol–water partition coefficient (Wildman–Crippen LogP) is 1.98. The maximum Gasteiger partial charge on any atom is 0.241 e. The lowest BCUT2D eigenvalue weighted by Crippen LogP contribution is -2.49. The number of piperidine rings is 1. The number of methoxy groups -OCH3 is 1. The van der Waals surface area contributed by atoms with Gasteiger partial charge < -0.3 is 19.9 Å². The Labute approximate surface area is 167 Å². The van der Waals surface area contributed by atoms with Crippen molar-refractivity contribution in [1.82, 2.24) is 15.1 Å². The third kappa shape index (κ3) is 5.03. The standard InChI is InChI=1S/C21H31N3O4/c1-5-6-13-24-18(25)12-11-16(21(27)22-14-19(26)23(2)3)20(24)15-9-7-8-10-17(15)28-4/h7-10,16,20H,5-6,11-14H2,1-4H3,(H,22,27)/t16-,20-/m1/s1. The molecule has 1 fully saturated rings. The predicted molar refractivity (Wildman–Crippen MR) is 107 cm³/mol. The van der Waals surface area contributed by atoms with E-state index < -0.39 is 12.0 Å². The molecule has 0 aromatic heterocycles. The molecule has 1 aliphatic rings. The minimum Gasteiger partial charge on any atom is -0.496 e. The van der Waals surface area contributed by atoms with Gasteiger partial charge in [0, 0.05) is 32.6 Å². The van der Waals surface area contributed by atoms with E-state index in [0.29, 0.717) is 25.1 Å². The minimum absolute atomic E-state index is 0.0517. The highest BCUT2D eigenvalue weighted by atomic mass is 16.5. The molecular formula is C21H31N3O4. The highest BCUT2D eigenvalue weighted by Gasteiger charge is 2.41. The monoisotopic (exact) mass is 389 g/mol. The Balaban J connectivity index is 2.34. The van der Waals surface area contributed by atoms with E-state index in [4.69, 9.17) is 4.74 Å². The Morgan fingerprint density at radius 2 is 2.00 bits per heavy atom. The number of hydrogen-bond acceptors (Lipinski definition) is 4. The summed E-state index contributed by atoms with van der Waals surface area (Å²) in [7, 11) is 4.89. The summed E-state index contributed by atoms with van der Waals surface area (Å²) < 4.78 is 5.51. The van der Waals surface area contributed by atoms with E-state index in [-0.39, 0.29) is 24.3 Å². The Morgan fingerprint density at radius 3 is 2.64 bits per heavy atom. The van der Waals surface area contributed by atoms with E-state index in [9.17, 15) is 14.4 Å². The van der Waals surface area contributed by atoms with Gasteiger partial charge in [0.25, 0.3) is 0 Å². The molecule has 154 valence electrons. The molecule has 1 aliphatic heterocycles. The van der Waals surface area contributed by atoms with Crippen LogP contribution < -0.4 is 10.1 Å². The van der Waals surface area contributed by atoms with Crippen LogP contribution in [0.5, 0.6) is 5.75 Å². The van der Waals surface area contributed by atoms with Gasteiger partial charge in [-0.15, -0.1) is 0 Å². The summed E-state index contributed by atoms with van der Waals surface area (Å²) in [6.07, 6.45) is 2.60. The van der Waals surface area contributed by atoms with Crippen LogP contribution in [0.15, 0.2) is 24.3 Å². The smallest absolute Gasteiger partial charge is 0.241 e. The Hall–Kier alpha value is -2.57. The van der Waals surface area contributed by atoms with Crippen molar-refractivity contribution in [2.75, 3.05) is 34.3 Å². The number of benzene rings is 1. The summed E-state index contributed by atoms with van der Waals surface area (Å²) in [5.41, 5.74) is 0.827. The van der Waals surface area contributed by atoms with Gasteiger partial charge in [-0.2, -0.15) is 0 Å². The molecule has 0 radical (unpaired) electrons. The van der Waals surface area contributed by atoms with Crippen molar-refractivity contribution in [3.63, 3.8) is 0 Å². The zero-order chi connectivity index (χ0) is 20.7. The fourth-order valence-electron chi connectivity index (χ4n) is 3.57. The zero-order valence-electron chi connectivity index (χ0n) is 17.2. The third-order valence-corrected chi connectivity index (χ3v) is 5.17. The van der Waals surface area contributed by atoms with Gasteiger partial charge in [0.15, 0.2) is 0 Å². The van der Waals surface area contributed by atoms with Crippen molar-refractivity contribution in [3.05, 3.63) is 29.8 Å². The molecule has 0 saturated carbocycles. The van der Waals surface area contributed by atoms with Gasteiger partial charge in [0.1, 0.15) is 5.75 Å². The lowest BCUT2D eigenvalue weighted by molar-refractivity contribution is -0.144. The van der Waals surface area contributed by atoms with Crippen LogP contribution in [-0.2, 0) is 14.4 Å². The molecule has 7 heteroatoms. The van der Waals surface area contributed by atoms with Crippen LogP contribution in [0.2, 0.25) is 0 Å². The van der Waals surface area contributed by atoms with Gasteiger partial charge in [-0.05, 0) is 18.9 Å². The quantitative estimate of drug-likeness (QED) is 0.737. The molecule has 1 N–H and O–H groups in total. The van der Waals surface area contributed by atoms with Crippen LogP contribution in [0.4, 0.5) is 0 Å². The topological polar surface area (TPSA) is 79.0 Å². The van der Waals surface area contributed by atoms with E-state index >= 15 is 0 Å². The molecule has 2 atom stereocenters. The molecule has 1 aromatic rings. The van der Waals surface area contributed by atoms with Gasteiger partial charge in [-0.25, -0.2) is 0 Å². The SMILES string of the molecule is CCCCN1C(=O)CC[C@@H](C(=O)NCC(=O)N(C)C)[C@H]1c1ccccc1OC. The van der Waals surface area contributed by atoms with Crippen LogP contribution >= 0.6 is 0 Å². The van der Waals surface area contributed by atoms with Crippen LogP contribution in [0.1, 0.15) is 44.2 Å². The normalized spacial score (nSPS) is 19.3. The van der Waals surface area contributed by atoms with E-state index in [1.54, 1.807) is 21.2 Å². The van der Waals surface area contributed by atoms with Crippen molar-refractivity contribution >= 4 is 17.7 Å². The second kappa shape index (κ2) is 10.1. The number of carbonyl (C=O) groups excluding carboxylic acids is 3. The van der Waals surface area contributed by atoms with E-state index in [1.165, 1.54) is 4.90 Å². The Bertz CT molecular complexity index is 705. The van der Waals surface area contributed by atoms with E-state index in [1.807, 2.05) is 29.2 Å². The zero-order valence-corrected chi connectivity index (χ0v) is 17.2. The Kier molecular flexibility index (Phi) is 7.84. The van der Waals surface area contributed by atoms with Gasteiger partial charge in [0.2, 0.25) is 17.7 Å². The number of para-hydroxylation sites is 1. The summed E-state index contributed by atoms with van der Waals surface area (Å²) in [4.78, 5) is 40.8. The fourth-order valence-corrected chi connectivity index (χ4v) is 3.57. The highest BCUT2D eigenvalue weighted by Crippen LogP contribution is 2.40. The molecule has 0 aliphatic carbocycles. The first-order valence-corrected chi connectivity index (χ1v) is 9.80. The van der Waals surface area contributed by atoms with Crippen molar-refractivity contribution in [2.45, 2.75) is 38.6 Å². The number of nitrogens with zero attached hydrogens (tertiary/aromatic N) is 2. The van der Waals surface area contributed by atoms with Crippen molar-refractivity contribution in [1.29, 1.82) is 0 Å². The van der Waals surface area contributed by atoms with Gasteiger partial charge >= 0.3 is 0 Å². The molecule has 2 rings (SSSR count). The first-order chi connectivity index (χ1) is 13.4. The van der Waals surface area contributed by atoms with Crippen LogP contribution in [-0.4, -0.2) is 61.8 Å². The van der Waals surface area contributed by atoms with Crippen LogP contribution in [0, 0.1) is 5.92 Å². The first-order valence-electron chi connectivity index (χ1n) is 9.80. The molecule has 28 heavy (non-hydrogen) atoms. The molecule has 0 unspecified atom stereocenters. The number of ether oxygens (including phenoxy) is 1. The lowest BCUT2D eigenvalue weighted by atomic mass is 9.83. The lowest BCUT2D eigenvalue weighted by Gasteiger charge is -2.41. The van der Waals surface area contributed by atoms with Gasteiger partial charge in [-0.1, -0.05) is 31.5 Å². The van der Waals surface area contributed by atoms with Crippen LogP contribution in [0.3, 0.4) is 0 Å². The average molecular weight is 389 g/mol. The minimum atomic E-state index is -0.430. The summed E-state index contributed by atoms with van der Waals surface area (Å²) in [6.45, 7) is 2.62. The van der Waals surface area contributed by atoms with E-state index in [0.717, 1.165) is 18.4 Å². The number of unbranched alkanes of at least 4 members (excludes halogenated alkanes) is 1. The maximum atomic E-state index is 13.0. The molecule has 0 bridgehead atoms. The molecule has 1 heterocycles. The third-order valence-electron chi connectivity index (χ3n) is 5.17. The van der Waals surface area contributed by atoms with E-state index in [2.05, 4.69) is 12.2 Å². The molecule has 3 amide bonds. The summed E-state index contributed by atoms with van der Waals surface area (Å²) in [5.74, 6) is -0.0959. The summed E-state index contributed by atoms with van der Waals surface area (Å²) in [6, 6.07) is 7.11. The van der Waals surface area contributed by atoms with Gasteiger partial charge in [0.05, 0.1) is 25.6 Å². The second-order valence-corrected chi connectivity index (χ2v) is 7.28. The number of likely N-dealkylation sites (N-methyl/N-ethyl adjacent to an activating group) is 1. The number of nitrogens with one attached hydrogen (secondary N) is 1. The van der Waals surface area contributed by atoms with Crippen molar-refractivity contribution < 1.29 is 19.1 Å². The molecule has 1 aromatic carbocycles. The molecule has 1 saturated heterocycles.